The highest BCUT2D eigenvalue weighted by Gasteiger charge is 2.34. The van der Waals surface area contributed by atoms with Crippen molar-refractivity contribution in [3.63, 3.8) is 0 Å². The molecule has 1 atom stereocenters. The number of hydrogen-bond donors (Lipinski definition) is 0. The zero-order valence-corrected chi connectivity index (χ0v) is 16.9. The molecular weight excluding hydrogens is 414 g/mol. The molecule has 29 heavy (non-hydrogen) atoms. The topological polar surface area (TPSA) is 93.4 Å². The first-order valence-corrected chi connectivity index (χ1v) is 11.2. The molecule has 0 radical (unpaired) electrons. The highest BCUT2D eigenvalue weighted by Crippen LogP contribution is 2.34. The Hall–Kier alpha value is -2.71. The molecule has 0 bridgehead atoms. The van der Waals surface area contributed by atoms with Crippen molar-refractivity contribution >= 4 is 27.3 Å². The zero-order chi connectivity index (χ0) is 20.4. The van der Waals surface area contributed by atoms with Crippen LogP contribution in [0.4, 0.5) is 0 Å². The Morgan fingerprint density at radius 1 is 1.17 bits per heavy atom. The van der Waals surface area contributed by atoms with Crippen LogP contribution in [0.3, 0.4) is 0 Å². The summed E-state index contributed by atoms with van der Waals surface area (Å²) in [6.07, 6.45) is 3.52. The first kappa shape index (κ1) is 19.6. The summed E-state index contributed by atoms with van der Waals surface area (Å²) < 4.78 is 30.9. The van der Waals surface area contributed by atoms with E-state index in [-0.39, 0.29) is 36.9 Å². The van der Waals surface area contributed by atoms with Gasteiger partial charge in [0.05, 0.1) is 11.0 Å². The van der Waals surface area contributed by atoms with Gasteiger partial charge < -0.3 is 9.42 Å². The van der Waals surface area contributed by atoms with E-state index in [0.29, 0.717) is 21.9 Å². The van der Waals surface area contributed by atoms with Crippen LogP contribution in [0, 0.1) is 0 Å². The average Bonchev–Trinajstić information content (AvgIpc) is 3.16. The van der Waals surface area contributed by atoms with Gasteiger partial charge in [-0.05, 0) is 30.2 Å². The number of sulfone groups is 1. The molecule has 1 aliphatic rings. The van der Waals surface area contributed by atoms with Gasteiger partial charge in [0.1, 0.15) is 0 Å². The lowest BCUT2D eigenvalue weighted by Gasteiger charge is -2.18. The van der Waals surface area contributed by atoms with E-state index in [4.69, 9.17) is 16.1 Å². The molecule has 1 unspecified atom stereocenters. The van der Waals surface area contributed by atoms with Crippen LogP contribution in [0.1, 0.15) is 27.7 Å². The molecular formula is C20H18ClN3O4S. The van der Waals surface area contributed by atoms with E-state index in [1.165, 1.54) is 4.90 Å². The van der Waals surface area contributed by atoms with Crippen molar-refractivity contribution in [1.82, 2.24) is 15.0 Å². The smallest absolute Gasteiger partial charge is 0.276 e. The van der Waals surface area contributed by atoms with Gasteiger partial charge in [-0.1, -0.05) is 35.0 Å². The van der Waals surface area contributed by atoms with Crippen molar-refractivity contribution in [3.05, 3.63) is 71.1 Å². The van der Waals surface area contributed by atoms with Gasteiger partial charge in [0.25, 0.3) is 5.91 Å². The Labute approximate surface area is 173 Å². The van der Waals surface area contributed by atoms with Crippen molar-refractivity contribution in [2.45, 2.75) is 11.7 Å². The summed E-state index contributed by atoms with van der Waals surface area (Å²) in [6.45, 7) is 0.375. The number of amides is 1. The lowest BCUT2D eigenvalue weighted by Crippen LogP contribution is -2.33. The highest BCUT2D eigenvalue weighted by molar-refractivity contribution is 7.91. The number of aromatic nitrogens is 2. The largest absolute Gasteiger partial charge is 0.355 e. The van der Waals surface area contributed by atoms with Gasteiger partial charge in [-0.2, -0.15) is 0 Å². The molecule has 1 saturated heterocycles. The summed E-state index contributed by atoms with van der Waals surface area (Å²) in [5.41, 5.74) is 1.41. The molecule has 4 rings (SSSR count). The summed E-state index contributed by atoms with van der Waals surface area (Å²) in [5.74, 6) is -0.0705. The van der Waals surface area contributed by atoms with Gasteiger partial charge in [-0.15, -0.1) is 0 Å². The Morgan fingerprint density at radius 2 is 2.00 bits per heavy atom. The molecule has 0 spiro atoms. The number of rotatable bonds is 3. The molecule has 1 aromatic carbocycles. The number of halogens is 1. The minimum atomic E-state index is -3.45. The Kier molecular flexibility index (Phi) is 5.38. The maximum Gasteiger partial charge on any atom is 0.276 e. The molecule has 3 heterocycles. The SMILES string of the molecule is O=C(c1cc(-c2cccnc2)on1)N1CCC(c2ccccc2Cl)S(=O)(=O)CC1. The molecule has 2 aromatic heterocycles. The number of carbonyl (C=O) groups excluding carboxylic acids is 1. The van der Waals surface area contributed by atoms with Crippen LogP contribution in [0.15, 0.2) is 59.4 Å². The fraction of sp³-hybridized carbons (Fsp3) is 0.250. The first-order chi connectivity index (χ1) is 14.0. The standard InChI is InChI=1S/C20H18ClN3O4S/c21-16-6-2-1-5-15(16)19-7-9-24(10-11-29(19,26)27)20(25)17-12-18(28-23-17)14-4-3-8-22-13-14/h1-6,8,12-13,19H,7,9-11H2. The molecule has 150 valence electrons. The average molecular weight is 432 g/mol. The van der Waals surface area contributed by atoms with Crippen molar-refractivity contribution < 1.29 is 17.7 Å². The third-order valence-corrected chi connectivity index (χ3v) is 7.41. The summed E-state index contributed by atoms with van der Waals surface area (Å²) in [4.78, 5) is 18.4. The highest BCUT2D eigenvalue weighted by atomic mass is 35.5. The molecule has 0 N–H and O–H groups in total. The van der Waals surface area contributed by atoms with Crippen LogP contribution >= 0.6 is 11.6 Å². The van der Waals surface area contributed by atoms with Crippen molar-refractivity contribution in [2.24, 2.45) is 0 Å². The molecule has 1 amide bonds. The number of benzene rings is 1. The summed E-state index contributed by atoms with van der Waals surface area (Å²) in [6, 6.07) is 12.0. The van der Waals surface area contributed by atoms with Gasteiger partial charge in [0, 0.05) is 42.1 Å². The van der Waals surface area contributed by atoms with E-state index in [1.807, 2.05) is 0 Å². The molecule has 3 aromatic rings. The lowest BCUT2D eigenvalue weighted by atomic mass is 10.1. The van der Waals surface area contributed by atoms with Crippen molar-refractivity contribution in [3.8, 4) is 11.3 Å². The molecule has 0 aliphatic carbocycles. The van der Waals surface area contributed by atoms with Gasteiger partial charge in [0.15, 0.2) is 21.3 Å². The molecule has 7 nitrogen and oxygen atoms in total. The normalized spacial score (nSPS) is 18.9. The first-order valence-electron chi connectivity index (χ1n) is 9.08. The second-order valence-corrected chi connectivity index (χ2v) is 9.49. The second-order valence-electron chi connectivity index (χ2n) is 6.78. The van der Waals surface area contributed by atoms with Crippen LogP contribution in [0.25, 0.3) is 11.3 Å². The van der Waals surface area contributed by atoms with Crippen LogP contribution in [-0.2, 0) is 9.84 Å². The molecule has 9 heteroatoms. The molecule has 1 fully saturated rings. The van der Waals surface area contributed by atoms with Gasteiger partial charge in [-0.3, -0.25) is 9.78 Å². The number of nitrogens with zero attached hydrogens (tertiary/aromatic N) is 3. The predicted molar refractivity (Wildman–Crippen MR) is 108 cm³/mol. The van der Waals surface area contributed by atoms with E-state index in [2.05, 4.69) is 10.1 Å². The monoisotopic (exact) mass is 431 g/mol. The maximum absolute atomic E-state index is 12.9. The molecule has 0 saturated carbocycles. The van der Waals surface area contributed by atoms with Crippen LogP contribution in [0.2, 0.25) is 5.02 Å². The van der Waals surface area contributed by atoms with Crippen molar-refractivity contribution in [1.29, 1.82) is 0 Å². The van der Waals surface area contributed by atoms with E-state index < -0.39 is 15.1 Å². The number of pyridine rings is 1. The van der Waals surface area contributed by atoms with Gasteiger partial charge >= 0.3 is 0 Å². The predicted octanol–water partition coefficient (Wildman–Crippen LogP) is 3.39. The van der Waals surface area contributed by atoms with E-state index in [1.54, 1.807) is 54.9 Å². The maximum atomic E-state index is 12.9. The van der Waals surface area contributed by atoms with Crippen molar-refractivity contribution in [2.75, 3.05) is 18.8 Å². The van der Waals surface area contributed by atoms with Gasteiger partial charge in [-0.25, -0.2) is 8.42 Å². The Balaban J connectivity index is 1.55. The minimum Gasteiger partial charge on any atom is -0.355 e. The lowest BCUT2D eigenvalue weighted by molar-refractivity contribution is 0.0756. The Bertz CT molecular complexity index is 1130. The fourth-order valence-corrected chi connectivity index (χ4v) is 5.56. The fourth-order valence-electron chi connectivity index (χ4n) is 3.41. The third kappa shape index (κ3) is 4.04. The van der Waals surface area contributed by atoms with Crippen LogP contribution in [0.5, 0.6) is 0 Å². The van der Waals surface area contributed by atoms with E-state index in [0.717, 1.165) is 0 Å². The summed E-state index contributed by atoms with van der Waals surface area (Å²) in [7, 11) is -3.45. The van der Waals surface area contributed by atoms with Crippen LogP contribution < -0.4 is 0 Å². The second kappa shape index (κ2) is 7.96. The van der Waals surface area contributed by atoms with Crippen LogP contribution in [-0.4, -0.2) is 48.2 Å². The zero-order valence-electron chi connectivity index (χ0n) is 15.4. The van der Waals surface area contributed by atoms with Gasteiger partial charge in [0.2, 0.25) is 0 Å². The quantitative estimate of drug-likeness (QED) is 0.631. The number of hydrogen-bond acceptors (Lipinski definition) is 6. The third-order valence-electron chi connectivity index (χ3n) is 4.96. The van der Waals surface area contributed by atoms with E-state index >= 15 is 0 Å². The molecule has 1 aliphatic heterocycles. The summed E-state index contributed by atoms with van der Waals surface area (Å²) >= 11 is 6.22. The number of carbonyl (C=O) groups is 1. The van der Waals surface area contributed by atoms with E-state index in [9.17, 15) is 13.2 Å². The summed E-state index contributed by atoms with van der Waals surface area (Å²) in [5, 5.41) is 3.54. The Morgan fingerprint density at radius 3 is 2.76 bits per heavy atom. The minimum absolute atomic E-state index is 0.0944.